The Morgan fingerprint density at radius 3 is 2.26 bits per heavy atom. The second kappa shape index (κ2) is 10.6. The van der Waals surface area contributed by atoms with Crippen molar-refractivity contribution in [1.82, 2.24) is 9.21 Å². The number of hydrogen-bond acceptors (Lipinski definition) is 7. The molecule has 2 aromatic carbocycles. The third-order valence-corrected chi connectivity index (χ3v) is 7.93. The number of benzene rings is 2. The van der Waals surface area contributed by atoms with Crippen LogP contribution in [0.4, 0.5) is 5.69 Å². The summed E-state index contributed by atoms with van der Waals surface area (Å²) in [6, 6.07) is 13.3. The SMILES string of the molecule is COC(=O)c1ccc(N(C)C(=O)CN(C)C(=O)[C@@H]2C[C@@H](S)CN2S(=O)(=O)c2ccccc2)cc1. The normalized spacial score (nSPS) is 18.4. The molecule has 9 nitrogen and oxygen atoms in total. The lowest BCUT2D eigenvalue weighted by atomic mass is 10.2. The van der Waals surface area contributed by atoms with Crippen molar-refractivity contribution in [2.45, 2.75) is 22.6 Å². The van der Waals surface area contributed by atoms with E-state index in [-0.39, 0.29) is 35.6 Å². The molecule has 2 aromatic rings. The summed E-state index contributed by atoms with van der Waals surface area (Å²) in [7, 11) is 0.407. The zero-order valence-electron chi connectivity index (χ0n) is 19.1. The van der Waals surface area contributed by atoms with Crippen molar-refractivity contribution < 1.29 is 27.5 Å². The quantitative estimate of drug-likeness (QED) is 0.453. The van der Waals surface area contributed by atoms with Crippen LogP contribution in [0.5, 0.6) is 0 Å². The summed E-state index contributed by atoms with van der Waals surface area (Å²) < 4.78 is 32.1. The number of carbonyl (C=O) groups excluding carboxylic acids is 3. The van der Waals surface area contributed by atoms with Gasteiger partial charge in [0, 0.05) is 31.6 Å². The second-order valence-corrected chi connectivity index (χ2v) is 10.6. The van der Waals surface area contributed by atoms with Crippen molar-refractivity contribution in [2.24, 2.45) is 0 Å². The summed E-state index contributed by atoms with van der Waals surface area (Å²) in [5.74, 6) is -1.33. The van der Waals surface area contributed by atoms with E-state index in [4.69, 9.17) is 0 Å². The Labute approximate surface area is 204 Å². The number of carbonyl (C=O) groups is 3. The predicted molar refractivity (Wildman–Crippen MR) is 130 cm³/mol. The Bertz CT molecular complexity index is 1150. The highest BCUT2D eigenvalue weighted by Crippen LogP contribution is 2.29. The molecule has 0 bridgehead atoms. The molecule has 1 saturated heterocycles. The molecule has 1 heterocycles. The van der Waals surface area contributed by atoms with Crippen LogP contribution in [-0.2, 0) is 24.3 Å². The largest absolute Gasteiger partial charge is 0.465 e. The number of rotatable bonds is 7. The molecule has 0 radical (unpaired) electrons. The van der Waals surface area contributed by atoms with Gasteiger partial charge < -0.3 is 14.5 Å². The highest BCUT2D eigenvalue weighted by Gasteiger charge is 2.44. The van der Waals surface area contributed by atoms with Gasteiger partial charge in [0.15, 0.2) is 0 Å². The lowest BCUT2D eigenvalue weighted by Crippen LogP contribution is -2.49. The van der Waals surface area contributed by atoms with Gasteiger partial charge >= 0.3 is 5.97 Å². The third kappa shape index (κ3) is 5.43. The van der Waals surface area contributed by atoms with E-state index in [1.165, 1.54) is 52.5 Å². The van der Waals surface area contributed by atoms with Crippen LogP contribution < -0.4 is 4.90 Å². The van der Waals surface area contributed by atoms with E-state index in [1.54, 1.807) is 37.4 Å². The van der Waals surface area contributed by atoms with E-state index >= 15 is 0 Å². The highest BCUT2D eigenvalue weighted by atomic mass is 32.2. The fourth-order valence-corrected chi connectivity index (χ4v) is 5.87. The topological polar surface area (TPSA) is 104 Å². The molecule has 0 aliphatic carbocycles. The molecule has 2 atom stereocenters. The summed E-state index contributed by atoms with van der Waals surface area (Å²) in [5, 5.41) is -0.299. The number of ether oxygens (including phenoxy) is 1. The van der Waals surface area contributed by atoms with Crippen LogP contribution in [-0.4, -0.2) is 81.0 Å². The van der Waals surface area contributed by atoms with Crippen molar-refractivity contribution in [3.8, 4) is 0 Å². The summed E-state index contributed by atoms with van der Waals surface area (Å²) in [4.78, 5) is 40.3. The second-order valence-electron chi connectivity index (χ2n) is 7.98. The Morgan fingerprint density at radius 2 is 1.68 bits per heavy atom. The van der Waals surface area contributed by atoms with Gasteiger partial charge in [-0.25, -0.2) is 13.2 Å². The average molecular weight is 506 g/mol. The van der Waals surface area contributed by atoms with Crippen molar-refractivity contribution >= 4 is 46.1 Å². The van der Waals surface area contributed by atoms with Gasteiger partial charge in [0.2, 0.25) is 21.8 Å². The molecule has 34 heavy (non-hydrogen) atoms. The fraction of sp³-hybridized carbons (Fsp3) is 0.348. The Hall–Kier alpha value is -2.89. The zero-order valence-corrected chi connectivity index (χ0v) is 20.8. The maximum Gasteiger partial charge on any atom is 0.337 e. The zero-order chi connectivity index (χ0) is 25.0. The molecular weight excluding hydrogens is 478 g/mol. The number of amides is 2. The minimum atomic E-state index is -3.90. The number of methoxy groups -OCH3 is 1. The van der Waals surface area contributed by atoms with Crippen molar-refractivity contribution in [3.05, 3.63) is 60.2 Å². The lowest BCUT2D eigenvalue weighted by Gasteiger charge is -2.28. The van der Waals surface area contributed by atoms with Gasteiger partial charge in [-0.05, 0) is 42.8 Å². The van der Waals surface area contributed by atoms with Crippen molar-refractivity contribution in [2.75, 3.05) is 39.2 Å². The van der Waals surface area contributed by atoms with Crippen molar-refractivity contribution in [1.29, 1.82) is 0 Å². The average Bonchev–Trinajstić information content (AvgIpc) is 3.25. The number of thiol groups is 1. The molecule has 0 spiro atoms. The van der Waals surface area contributed by atoms with Crippen LogP contribution in [0, 0.1) is 0 Å². The molecule has 1 fully saturated rings. The lowest BCUT2D eigenvalue weighted by molar-refractivity contribution is -0.136. The monoisotopic (exact) mass is 505 g/mol. The van der Waals surface area contributed by atoms with E-state index in [0.717, 1.165) is 0 Å². The number of hydrogen-bond donors (Lipinski definition) is 1. The van der Waals surface area contributed by atoms with Crippen LogP contribution in [0.15, 0.2) is 59.5 Å². The van der Waals surface area contributed by atoms with Crippen molar-refractivity contribution in [3.63, 3.8) is 0 Å². The molecule has 0 unspecified atom stereocenters. The van der Waals surface area contributed by atoms with Gasteiger partial charge in [0.1, 0.15) is 6.04 Å². The predicted octanol–water partition coefficient (Wildman–Crippen LogP) is 1.66. The van der Waals surface area contributed by atoms with Gasteiger partial charge in [-0.2, -0.15) is 16.9 Å². The Morgan fingerprint density at radius 1 is 1.06 bits per heavy atom. The molecule has 1 aliphatic heterocycles. The van der Waals surface area contributed by atoms with Crippen LogP contribution in [0.25, 0.3) is 0 Å². The maximum absolute atomic E-state index is 13.2. The van der Waals surface area contributed by atoms with Gasteiger partial charge in [0.25, 0.3) is 0 Å². The number of sulfonamides is 1. The molecule has 0 aromatic heterocycles. The maximum atomic E-state index is 13.2. The first-order valence-corrected chi connectivity index (χ1v) is 12.5. The van der Waals surface area contributed by atoms with Gasteiger partial charge in [-0.3, -0.25) is 9.59 Å². The standard InChI is InChI=1S/C23H27N3O6S2/c1-24(15-21(27)25(2)17-11-9-16(10-12-17)23(29)32-3)22(28)20-13-18(33)14-26(20)34(30,31)19-7-5-4-6-8-19/h4-12,18,20,33H,13-15H2,1-3H3/t18-,20+/m1/s1. The van der Waals surface area contributed by atoms with Crippen LogP contribution in [0.2, 0.25) is 0 Å². The molecule has 0 saturated carbocycles. The van der Waals surface area contributed by atoms with Gasteiger partial charge in [0.05, 0.1) is 24.1 Å². The third-order valence-electron chi connectivity index (χ3n) is 5.67. The Balaban J connectivity index is 1.71. The highest BCUT2D eigenvalue weighted by molar-refractivity contribution is 7.89. The van der Waals surface area contributed by atoms with E-state index in [1.807, 2.05) is 0 Å². The van der Waals surface area contributed by atoms with E-state index < -0.39 is 27.9 Å². The molecule has 1 aliphatic rings. The van der Waals surface area contributed by atoms with Gasteiger partial charge in [-0.1, -0.05) is 18.2 Å². The first-order valence-electron chi connectivity index (χ1n) is 10.5. The molecule has 0 N–H and O–H groups in total. The number of likely N-dealkylation sites (N-methyl/N-ethyl adjacent to an activating group) is 2. The first kappa shape index (κ1) is 25.7. The molecule has 11 heteroatoms. The van der Waals surface area contributed by atoms with Crippen LogP contribution in [0.1, 0.15) is 16.8 Å². The Kier molecular flexibility index (Phi) is 8.01. The minimum Gasteiger partial charge on any atom is -0.465 e. The number of anilines is 1. The summed E-state index contributed by atoms with van der Waals surface area (Å²) in [5.41, 5.74) is 0.879. The van der Waals surface area contributed by atoms with Crippen LogP contribution in [0.3, 0.4) is 0 Å². The number of esters is 1. The first-order chi connectivity index (χ1) is 16.1. The van der Waals surface area contributed by atoms with E-state index in [0.29, 0.717) is 11.3 Å². The molecule has 2 amide bonds. The number of nitrogens with zero attached hydrogens (tertiary/aromatic N) is 3. The van der Waals surface area contributed by atoms with Gasteiger partial charge in [-0.15, -0.1) is 0 Å². The summed E-state index contributed by atoms with van der Waals surface area (Å²) >= 11 is 4.41. The molecule has 182 valence electrons. The van der Waals surface area contributed by atoms with Crippen LogP contribution >= 0.6 is 12.6 Å². The summed E-state index contributed by atoms with van der Waals surface area (Å²) in [6.45, 7) is -0.147. The molecular formula is C23H27N3O6S2. The summed E-state index contributed by atoms with van der Waals surface area (Å²) in [6.07, 6.45) is 0.247. The smallest absolute Gasteiger partial charge is 0.337 e. The fourth-order valence-electron chi connectivity index (χ4n) is 3.73. The van der Waals surface area contributed by atoms with E-state index in [9.17, 15) is 22.8 Å². The molecule has 3 rings (SSSR count). The van der Waals surface area contributed by atoms with E-state index in [2.05, 4.69) is 17.4 Å². The minimum absolute atomic E-state index is 0.101.